The van der Waals surface area contributed by atoms with Crippen LogP contribution in [0.1, 0.15) is 23.1 Å². The number of benzene rings is 1. The van der Waals surface area contributed by atoms with Gasteiger partial charge in [0, 0.05) is 18.7 Å². The average Bonchev–Trinajstić information content (AvgIpc) is 2.88. The summed E-state index contributed by atoms with van der Waals surface area (Å²) in [5.74, 6) is 0. The molecule has 4 nitrogen and oxygen atoms in total. The zero-order valence-corrected chi connectivity index (χ0v) is 10.7. The van der Waals surface area contributed by atoms with E-state index in [0.717, 1.165) is 18.4 Å². The van der Waals surface area contributed by atoms with Gasteiger partial charge in [-0.2, -0.15) is 10.4 Å². The molecule has 0 spiro atoms. The van der Waals surface area contributed by atoms with Crippen LogP contribution in [0.5, 0.6) is 0 Å². The zero-order chi connectivity index (χ0) is 13.4. The van der Waals surface area contributed by atoms with Crippen molar-refractivity contribution in [1.29, 1.82) is 5.26 Å². The number of fused-ring (bicyclic) bond motifs is 1. The monoisotopic (exact) mass is 251 g/mol. The van der Waals surface area contributed by atoms with Crippen molar-refractivity contribution >= 4 is 0 Å². The molecule has 2 aromatic rings. The molecule has 0 aliphatic heterocycles. The average molecular weight is 251 g/mol. The second-order valence-corrected chi connectivity index (χ2v) is 4.82. The van der Waals surface area contributed by atoms with Crippen molar-refractivity contribution in [1.82, 2.24) is 9.78 Å². The van der Waals surface area contributed by atoms with E-state index < -0.39 is 0 Å². The summed E-state index contributed by atoms with van der Waals surface area (Å²) in [5.41, 5.74) is 4.28. The highest BCUT2D eigenvalue weighted by molar-refractivity contribution is 5.67. The third-order valence-electron chi connectivity index (χ3n) is 3.58. The van der Waals surface area contributed by atoms with Crippen LogP contribution in [0, 0.1) is 11.3 Å². The van der Waals surface area contributed by atoms with Crippen molar-refractivity contribution in [2.45, 2.75) is 19.3 Å². The quantitative estimate of drug-likeness (QED) is 0.776. The van der Waals surface area contributed by atoms with Gasteiger partial charge < -0.3 is 0 Å². The Kier molecular flexibility index (Phi) is 2.68. The maximum atomic E-state index is 11.5. The van der Waals surface area contributed by atoms with Gasteiger partial charge in [-0.3, -0.25) is 4.79 Å². The summed E-state index contributed by atoms with van der Waals surface area (Å²) in [6, 6.07) is 9.58. The van der Waals surface area contributed by atoms with Gasteiger partial charge in [-0.1, -0.05) is 12.1 Å². The van der Waals surface area contributed by atoms with Crippen molar-refractivity contribution in [2.75, 3.05) is 0 Å². The predicted octanol–water partition coefficient (Wildman–Crippen LogP) is 1.81. The third kappa shape index (κ3) is 1.93. The highest BCUT2D eigenvalue weighted by Gasteiger charge is 2.14. The normalized spacial score (nSPS) is 13.1. The fraction of sp³-hybridized carbons (Fsp3) is 0.267. The van der Waals surface area contributed by atoms with Crippen LogP contribution < -0.4 is 5.56 Å². The van der Waals surface area contributed by atoms with Crippen LogP contribution in [0.15, 0.2) is 29.1 Å². The van der Waals surface area contributed by atoms with Crippen molar-refractivity contribution in [3.63, 3.8) is 0 Å². The van der Waals surface area contributed by atoms with Crippen LogP contribution in [-0.2, 0) is 19.9 Å². The second-order valence-electron chi connectivity index (χ2n) is 4.82. The summed E-state index contributed by atoms with van der Waals surface area (Å²) in [6.07, 6.45) is 3.39. The minimum absolute atomic E-state index is 0.263. The fourth-order valence-electron chi connectivity index (χ4n) is 2.56. The Hall–Kier alpha value is -2.41. The van der Waals surface area contributed by atoms with Gasteiger partial charge in [0.15, 0.2) is 0 Å². The van der Waals surface area contributed by atoms with E-state index >= 15 is 0 Å². The van der Waals surface area contributed by atoms with Gasteiger partial charge in [-0.05, 0) is 36.5 Å². The van der Waals surface area contributed by atoms with E-state index in [0.29, 0.717) is 11.3 Å². The van der Waals surface area contributed by atoms with Crippen LogP contribution in [0.3, 0.4) is 0 Å². The lowest BCUT2D eigenvalue weighted by Gasteiger charge is -2.07. The molecule has 1 aromatic carbocycles. The maximum absolute atomic E-state index is 11.5. The lowest BCUT2D eigenvalue weighted by molar-refractivity contribution is 0.710. The van der Waals surface area contributed by atoms with Crippen molar-refractivity contribution in [3.05, 3.63) is 51.3 Å². The third-order valence-corrected chi connectivity index (χ3v) is 3.58. The predicted molar refractivity (Wildman–Crippen MR) is 71.7 cm³/mol. The second kappa shape index (κ2) is 4.36. The molecule has 0 amide bonds. The van der Waals surface area contributed by atoms with Gasteiger partial charge in [-0.25, -0.2) is 4.68 Å². The van der Waals surface area contributed by atoms with Gasteiger partial charge in [0.1, 0.15) is 11.8 Å². The Labute approximate surface area is 110 Å². The Morgan fingerprint density at radius 2 is 2.05 bits per heavy atom. The molecule has 0 atom stereocenters. The molecule has 0 fully saturated rings. The highest BCUT2D eigenvalue weighted by atomic mass is 16.1. The molecular weight excluding hydrogens is 238 g/mol. The highest BCUT2D eigenvalue weighted by Crippen LogP contribution is 2.28. The minimum atomic E-state index is -0.263. The molecule has 1 aliphatic rings. The first-order valence-corrected chi connectivity index (χ1v) is 6.29. The van der Waals surface area contributed by atoms with Gasteiger partial charge in [0.2, 0.25) is 0 Å². The van der Waals surface area contributed by atoms with E-state index in [-0.39, 0.29) is 5.56 Å². The molecule has 19 heavy (non-hydrogen) atoms. The number of hydrogen-bond acceptors (Lipinski definition) is 3. The van der Waals surface area contributed by atoms with E-state index in [1.165, 1.54) is 28.3 Å². The number of aromatic nitrogens is 2. The molecule has 0 unspecified atom stereocenters. The van der Waals surface area contributed by atoms with Crippen LogP contribution in [-0.4, -0.2) is 9.78 Å². The lowest BCUT2D eigenvalue weighted by atomic mass is 10.0. The molecule has 1 heterocycles. The van der Waals surface area contributed by atoms with E-state index in [2.05, 4.69) is 23.3 Å². The smallest absolute Gasteiger partial charge is 0.267 e. The molecule has 3 rings (SSSR count). The SMILES string of the molecule is Cn1nc(-c2ccc3c(c2)CCC3)c(C#N)cc1=O. The van der Waals surface area contributed by atoms with Gasteiger partial charge >= 0.3 is 0 Å². The first-order valence-electron chi connectivity index (χ1n) is 6.29. The number of aryl methyl sites for hydroxylation is 3. The van der Waals surface area contributed by atoms with Gasteiger partial charge in [0.25, 0.3) is 5.56 Å². The zero-order valence-electron chi connectivity index (χ0n) is 10.7. The molecule has 4 heteroatoms. The summed E-state index contributed by atoms with van der Waals surface area (Å²) in [5, 5.41) is 13.4. The lowest BCUT2D eigenvalue weighted by Crippen LogP contribution is -2.20. The minimum Gasteiger partial charge on any atom is -0.268 e. The molecule has 94 valence electrons. The number of rotatable bonds is 1. The Balaban J connectivity index is 2.20. The fourth-order valence-corrected chi connectivity index (χ4v) is 2.56. The maximum Gasteiger partial charge on any atom is 0.267 e. The molecular formula is C15H13N3O. The van der Waals surface area contributed by atoms with E-state index in [1.54, 1.807) is 7.05 Å². The summed E-state index contributed by atoms with van der Waals surface area (Å²) in [6.45, 7) is 0. The number of hydrogen-bond donors (Lipinski definition) is 0. The summed E-state index contributed by atoms with van der Waals surface area (Å²) in [7, 11) is 1.60. The topological polar surface area (TPSA) is 58.7 Å². The molecule has 0 saturated heterocycles. The van der Waals surface area contributed by atoms with Gasteiger partial charge in [-0.15, -0.1) is 0 Å². The van der Waals surface area contributed by atoms with Gasteiger partial charge in [0.05, 0.1) is 5.56 Å². The van der Waals surface area contributed by atoms with E-state index in [4.69, 9.17) is 5.26 Å². The molecule has 1 aliphatic carbocycles. The summed E-state index contributed by atoms with van der Waals surface area (Å²) < 4.78 is 1.27. The molecule has 0 saturated carbocycles. The molecule has 0 bridgehead atoms. The van der Waals surface area contributed by atoms with Crippen molar-refractivity contribution in [3.8, 4) is 17.3 Å². The van der Waals surface area contributed by atoms with E-state index in [9.17, 15) is 4.79 Å². The Bertz CT molecular complexity index is 753. The van der Waals surface area contributed by atoms with Crippen LogP contribution >= 0.6 is 0 Å². The van der Waals surface area contributed by atoms with Crippen LogP contribution in [0.2, 0.25) is 0 Å². The summed E-state index contributed by atoms with van der Waals surface area (Å²) in [4.78, 5) is 11.5. The number of nitriles is 1. The van der Waals surface area contributed by atoms with Crippen molar-refractivity contribution in [2.24, 2.45) is 7.05 Å². The summed E-state index contributed by atoms with van der Waals surface area (Å²) >= 11 is 0. The first kappa shape index (κ1) is 11.7. The van der Waals surface area contributed by atoms with Crippen molar-refractivity contribution < 1.29 is 0 Å². The first-order chi connectivity index (χ1) is 9.19. The Morgan fingerprint density at radius 3 is 2.84 bits per heavy atom. The molecule has 0 N–H and O–H groups in total. The number of nitrogens with zero attached hydrogens (tertiary/aromatic N) is 3. The molecule has 1 aromatic heterocycles. The standard InChI is InChI=1S/C15H13N3O/c1-18-14(19)8-13(9-16)15(17-18)12-6-5-10-3-2-4-11(10)7-12/h5-8H,2-4H2,1H3. The van der Waals surface area contributed by atoms with Crippen LogP contribution in [0.4, 0.5) is 0 Å². The van der Waals surface area contributed by atoms with E-state index in [1.807, 2.05) is 6.07 Å². The molecule has 0 radical (unpaired) electrons. The van der Waals surface area contributed by atoms with Crippen LogP contribution in [0.25, 0.3) is 11.3 Å². The largest absolute Gasteiger partial charge is 0.268 e. The Morgan fingerprint density at radius 1 is 1.26 bits per heavy atom.